The van der Waals surface area contributed by atoms with Crippen molar-refractivity contribution in [1.82, 2.24) is 9.38 Å². The highest BCUT2D eigenvalue weighted by Crippen LogP contribution is 2.28. The molecule has 0 fully saturated rings. The highest BCUT2D eigenvalue weighted by atomic mass is 32.1. The number of carbonyl (C=O) groups is 1. The van der Waals surface area contributed by atoms with Gasteiger partial charge in [-0.25, -0.2) is 4.98 Å². The Morgan fingerprint density at radius 2 is 2.07 bits per heavy atom. The van der Waals surface area contributed by atoms with Crippen molar-refractivity contribution in [1.29, 1.82) is 0 Å². The quantitative estimate of drug-likeness (QED) is 0.633. The summed E-state index contributed by atoms with van der Waals surface area (Å²) < 4.78 is 12.3. The van der Waals surface area contributed by atoms with Gasteiger partial charge >= 0.3 is 5.97 Å². The second-order valence-electron chi connectivity index (χ2n) is 6.53. The number of hydrogen-bond acceptors (Lipinski definition) is 6. The number of nitrogens with zero attached hydrogens (tertiary/aromatic N) is 2. The zero-order valence-electron chi connectivity index (χ0n) is 15.1. The summed E-state index contributed by atoms with van der Waals surface area (Å²) in [5, 5.41) is 0. The van der Waals surface area contributed by atoms with Crippen molar-refractivity contribution in [2.24, 2.45) is 0 Å². The van der Waals surface area contributed by atoms with E-state index in [-0.39, 0.29) is 24.6 Å². The molecule has 7 heteroatoms. The first-order valence-corrected chi connectivity index (χ1v) is 9.78. The van der Waals surface area contributed by atoms with Gasteiger partial charge in [-0.15, -0.1) is 11.3 Å². The fourth-order valence-corrected chi connectivity index (χ4v) is 4.66. The molecule has 0 N–H and O–H groups in total. The first-order chi connectivity index (χ1) is 13.2. The lowest BCUT2D eigenvalue weighted by Gasteiger charge is -2.10. The van der Waals surface area contributed by atoms with Crippen LogP contribution in [0.1, 0.15) is 34.7 Å². The van der Waals surface area contributed by atoms with Crippen molar-refractivity contribution in [3.05, 3.63) is 62.5 Å². The summed E-state index contributed by atoms with van der Waals surface area (Å²) in [7, 11) is 1.57. The molecule has 0 spiro atoms. The van der Waals surface area contributed by atoms with Gasteiger partial charge in [-0.3, -0.25) is 14.0 Å². The molecule has 1 aromatic carbocycles. The maximum atomic E-state index is 12.5. The topological polar surface area (TPSA) is 69.9 Å². The van der Waals surface area contributed by atoms with Gasteiger partial charge in [0.1, 0.15) is 12.4 Å². The van der Waals surface area contributed by atoms with Crippen molar-refractivity contribution in [3.63, 3.8) is 0 Å². The SMILES string of the molecule is COc1ccccc1CC(=O)OCc1cc(=O)n2c3c(sc2n1)CCCC3. The Hall–Kier alpha value is -2.67. The molecule has 0 atom stereocenters. The summed E-state index contributed by atoms with van der Waals surface area (Å²) in [5.41, 5.74) is 2.24. The number of para-hydroxylation sites is 1. The maximum absolute atomic E-state index is 12.5. The van der Waals surface area contributed by atoms with Crippen molar-refractivity contribution < 1.29 is 14.3 Å². The van der Waals surface area contributed by atoms with Gasteiger partial charge in [0.2, 0.25) is 0 Å². The van der Waals surface area contributed by atoms with Crippen LogP contribution in [0.3, 0.4) is 0 Å². The Kier molecular flexibility index (Phi) is 4.94. The van der Waals surface area contributed by atoms with Crippen LogP contribution in [0.15, 0.2) is 35.1 Å². The van der Waals surface area contributed by atoms with Crippen molar-refractivity contribution >= 4 is 22.3 Å². The number of carbonyl (C=O) groups excluding carboxylic acids is 1. The number of benzene rings is 1. The summed E-state index contributed by atoms with van der Waals surface area (Å²) in [6.45, 7) is -0.0116. The summed E-state index contributed by atoms with van der Waals surface area (Å²) in [5.74, 6) is 0.267. The van der Waals surface area contributed by atoms with Gasteiger partial charge < -0.3 is 9.47 Å². The Morgan fingerprint density at radius 3 is 2.93 bits per heavy atom. The van der Waals surface area contributed by atoms with Crippen LogP contribution in [0.25, 0.3) is 4.96 Å². The summed E-state index contributed by atoms with van der Waals surface area (Å²) in [4.78, 5) is 31.2. The summed E-state index contributed by atoms with van der Waals surface area (Å²) in [6.07, 6.45) is 4.30. The van der Waals surface area contributed by atoms with E-state index in [1.54, 1.807) is 28.9 Å². The number of rotatable bonds is 5. The van der Waals surface area contributed by atoms with Gasteiger partial charge in [0.05, 0.1) is 19.2 Å². The van der Waals surface area contributed by atoms with E-state index in [1.807, 2.05) is 18.2 Å². The zero-order valence-corrected chi connectivity index (χ0v) is 15.9. The molecular formula is C20H20N2O4S. The monoisotopic (exact) mass is 384 g/mol. The number of aromatic nitrogens is 2. The number of fused-ring (bicyclic) bond motifs is 3. The van der Waals surface area contributed by atoms with Crippen LogP contribution in [0, 0.1) is 0 Å². The second-order valence-corrected chi connectivity index (χ2v) is 7.59. The Balaban J connectivity index is 1.49. The minimum Gasteiger partial charge on any atom is -0.496 e. The van der Waals surface area contributed by atoms with Crippen LogP contribution < -0.4 is 10.3 Å². The largest absolute Gasteiger partial charge is 0.496 e. The van der Waals surface area contributed by atoms with Crippen molar-refractivity contribution in [2.75, 3.05) is 7.11 Å². The molecule has 0 bridgehead atoms. The number of esters is 1. The molecule has 140 valence electrons. The van der Waals surface area contributed by atoms with E-state index in [1.165, 1.54) is 10.9 Å². The van der Waals surface area contributed by atoms with Gasteiger partial charge in [0.25, 0.3) is 5.56 Å². The van der Waals surface area contributed by atoms with E-state index < -0.39 is 0 Å². The predicted octanol–water partition coefficient (Wildman–Crippen LogP) is 2.93. The van der Waals surface area contributed by atoms with Crippen LogP contribution in [-0.2, 0) is 35.4 Å². The minimum atomic E-state index is -0.382. The fraction of sp³-hybridized carbons (Fsp3) is 0.350. The van der Waals surface area contributed by atoms with Gasteiger partial charge in [-0.2, -0.15) is 0 Å². The number of methoxy groups -OCH3 is 1. The minimum absolute atomic E-state index is 0.0116. The molecule has 0 aliphatic heterocycles. The molecule has 0 amide bonds. The predicted molar refractivity (Wildman–Crippen MR) is 102 cm³/mol. The second kappa shape index (κ2) is 7.52. The van der Waals surface area contributed by atoms with E-state index in [4.69, 9.17) is 9.47 Å². The number of thiazole rings is 1. The molecule has 1 aliphatic rings. The van der Waals surface area contributed by atoms with Crippen LogP contribution in [0.5, 0.6) is 5.75 Å². The van der Waals surface area contributed by atoms with Gasteiger partial charge in [-0.1, -0.05) is 18.2 Å². The fourth-order valence-electron chi connectivity index (χ4n) is 3.43. The summed E-state index contributed by atoms with van der Waals surface area (Å²) in [6, 6.07) is 8.79. The summed E-state index contributed by atoms with van der Waals surface area (Å²) >= 11 is 1.56. The smallest absolute Gasteiger partial charge is 0.310 e. The maximum Gasteiger partial charge on any atom is 0.310 e. The standard InChI is InChI=1S/C20H20N2O4S/c1-25-16-8-4-2-6-13(16)10-19(24)26-12-14-11-18(23)22-15-7-3-5-9-17(15)27-20(22)21-14/h2,4,6,8,11H,3,5,7,9-10,12H2,1H3. The van der Waals surface area contributed by atoms with Crippen LogP contribution in [0.2, 0.25) is 0 Å². The molecule has 0 unspecified atom stereocenters. The number of aryl methyl sites for hydroxylation is 2. The molecule has 1 aliphatic carbocycles. The lowest BCUT2D eigenvalue weighted by Crippen LogP contribution is -2.19. The average Bonchev–Trinajstić information content (AvgIpc) is 3.05. The third-order valence-corrected chi connectivity index (χ3v) is 5.87. The molecule has 2 aromatic heterocycles. The van der Waals surface area contributed by atoms with E-state index in [0.29, 0.717) is 16.4 Å². The third-order valence-electron chi connectivity index (χ3n) is 4.72. The molecule has 4 rings (SSSR count). The molecule has 6 nitrogen and oxygen atoms in total. The van der Waals surface area contributed by atoms with Gasteiger partial charge in [0.15, 0.2) is 4.96 Å². The first kappa shape index (κ1) is 17.7. The van der Waals surface area contributed by atoms with E-state index >= 15 is 0 Å². The molecule has 3 aromatic rings. The van der Waals surface area contributed by atoms with Gasteiger partial charge in [0, 0.05) is 22.2 Å². The van der Waals surface area contributed by atoms with Crippen molar-refractivity contribution in [3.8, 4) is 5.75 Å². The average molecular weight is 384 g/mol. The van der Waals surface area contributed by atoms with E-state index in [0.717, 1.165) is 36.9 Å². The third kappa shape index (κ3) is 3.60. The molecule has 0 saturated heterocycles. The van der Waals surface area contributed by atoms with Crippen molar-refractivity contribution in [2.45, 2.75) is 38.7 Å². The highest BCUT2D eigenvalue weighted by molar-refractivity contribution is 7.17. The van der Waals surface area contributed by atoms with E-state index in [2.05, 4.69) is 4.98 Å². The zero-order chi connectivity index (χ0) is 18.8. The molecule has 2 heterocycles. The number of hydrogen-bond donors (Lipinski definition) is 0. The Labute approximate surface area is 160 Å². The van der Waals surface area contributed by atoms with Crippen LogP contribution in [0.4, 0.5) is 0 Å². The molecule has 0 saturated carbocycles. The molecule has 27 heavy (non-hydrogen) atoms. The lowest BCUT2D eigenvalue weighted by atomic mass is 10.0. The number of ether oxygens (including phenoxy) is 2. The Bertz CT molecular complexity index is 1050. The lowest BCUT2D eigenvalue weighted by molar-refractivity contribution is -0.144. The van der Waals surface area contributed by atoms with Crippen LogP contribution in [-0.4, -0.2) is 22.5 Å². The normalized spacial score (nSPS) is 13.4. The molecular weight excluding hydrogens is 364 g/mol. The van der Waals surface area contributed by atoms with Gasteiger partial charge in [-0.05, 0) is 31.7 Å². The van der Waals surface area contributed by atoms with Crippen LogP contribution >= 0.6 is 11.3 Å². The Morgan fingerprint density at radius 1 is 1.26 bits per heavy atom. The van der Waals surface area contributed by atoms with E-state index in [9.17, 15) is 9.59 Å². The first-order valence-electron chi connectivity index (χ1n) is 8.96. The highest BCUT2D eigenvalue weighted by Gasteiger charge is 2.19. The molecule has 0 radical (unpaired) electrons.